The number of carbonyl (C=O) groups is 1. The number of carbonyl (C=O) groups excluding carboxylic acids is 1. The first-order valence-corrected chi connectivity index (χ1v) is 11.1. The monoisotopic (exact) mass is 446 g/mol. The van der Waals surface area contributed by atoms with Crippen molar-refractivity contribution in [2.75, 3.05) is 18.6 Å². The fourth-order valence-electron chi connectivity index (χ4n) is 3.77. The summed E-state index contributed by atoms with van der Waals surface area (Å²) >= 11 is 7.80. The minimum absolute atomic E-state index is 0.0675. The van der Waals surface area contributed by atoms with E-state index in [-0.39, 0.29) is 5.91 Å². The SMILES string of the molecule is CN(C(=O)c1cc2c(s1)-c1ccc(-c3ccncc3)cc1OCC2)c1ccccc1Cl. The van der Waals surface area contributed by atoms with E-state index in [9.17, 15) is 4.79 Å². The summed E-state index contributed by atoms with van der Waals surface area (Å²) in [6.07, 6.45) is 4.33. The Kier molecular flexibility index (Phi) is 5.22. The number of para-hydroxylation sites is 1. The molecule has 4 aromatic rings. The number of thiophene rings is 1. The van der Waals surface area contributed by atoms with Crippen LogP contribution < -0.4 is 9.64 Å². The molecule has 1 aliphatic heterocycles. The van der Waals surface area contributed by atoms with Crippen LogP contribution in [0.15, 0.2) is 73.1 Å². The van der Waals surface area contributed by atoms with Crippen LogP contribution in [0.3, 0.4) is 0 Å². The van der Waals surface area contributed by atoms with Crippen LogP contribution in [0.1, 0.15) is 15.2 Å². The summed E-state index contributed by atoms with van der Waals surface area (Å²) < 4.78 is 6.06. The van der Waals surface area contributed by atoms with Crippen molar-refractivity contribution >= 4 is 34.5 Å². The topological polar surface area (TPSA) is 42.4 Å². The van der Waals surface area contributed by atoms with E-state index in [4.69, 9.17) is 16.3 Å². The second kappa shape index (κ2) is 8.17. The minimum atomic E-state index is -0.0675. The Morgan fingerprint density at radius 2 is 1.87 bits per heavy atom. The van der Waals surface area contributed by atoms with E-state index in [0.717, 1.165) is 39.3 Å². The normalized spacial score (nSPS) is 12.3. The first-order valence-electron chi connectivity index (χ1n) is 9.95. The highest BCUT2D eigenvalue weighted by atomic mass is 35.5. The molecule has 5 rings (SSSR count). The summed E-state index contributed by atoms with van der Waals surface area (Å²) in [5, 5.41) is 0.554. The molecule has 0 N–H and O–H groups in total. The number of ether oxygens (including phenoxy) is 1. The lowest BCUT2D eigenvalue weighted by Gasteiger charge is -2.17. The molecule has 0 atom stereocenters. The predicted octanol–water partition coefficient (Wildman–Crippen LogP) is 6.34. The van der Waals surface area contributed by atoms with Crippen LogP contribution in [0, 0.1) is 0 Å². The Hall–Kier alpha value is -3.15. The summed E-state index contributed by atoms with van der Waals surface area (Å²) in [6.45, 7) is 0.574. The van der Waals surface area contributed by atoms with Crippen molar-refractivity contribution in [1.82, 2.24) is 4.98 Å². The van der Waals surface area contributed by atoms with E-state index in [1.807, 2.05) is 36.4 Å². The van der Waals surface area contributed by atoms with Gasteiger partial charge in [-0.25, -0.2) is 0 Å². The van der Waals surface area contributed by atoms with Gasteiger partial charge >= 0.3 is 0 Å². The van der Waals surface area contributed by atoms with Gasteiger partial charge in [0.15, 0.2) is 0 Å². The number of nitrogens with zero attached hydrogens (tertiary/aromatic N) is 2. The number of amides is 1. The number of rotatable bonds is 3. The molecule has 0 radical (unpaired) electrons. The van der Waals surface area contributed by atoms with E-state index >= 15 is 0 Å². The molecule has 31 heavy (non-hydrogen) atoms. The van der Waals surface area contributed by atoms with E-state index in [2.05, 4.69) is 23.2 Å². The van der Waals surface area contributed by atoms with Gasteiger partial charge in [0.2, 0.25) is 0 Å². The average molecular weight is 447 g/mol. The van der Waals surface area contributed by atoms with Crippen molar-refractivity contribution in [3.8, 4) is 27.3 Å². The molecule has 1 aliphatic rings. The van der Waals surface area contributed by atoms with Gasteiger partial charge in [-0.3, -0.25) is 9.78 Å². The van der Waals surface area contributed by atoms with Gasteiger partial charge in [-0.15, -0.1) is 11.3 Å². The molecule has 154 valence electrons. The number of hydrogen-bond acceptors (Lipinski definition) is 4. The molecule has 2 aromatic carbocycles. The number of benzene rings is 2. The summed E-state index contributed by atoms with van der Waals surface area (Å²) in [6, 6.07) is 19.6. The number of anilines is 1. The zero-order chi connectivity index (χ0) is 21.4. The van der Waals surface area contributed by atoms with Gasteiger partial charge in [-0.2, -0.15) is 0 Å². The standard InChI is InChI=1S/C25H19ClN2O2S/c1-28(21-5-3-2-4-20(21)26)25(29)23-15-18-10-13-30-22-14-17(16-8-11-27-12-9-16)6-7-19(22)24(18)31-23/h2-9,11-12,14-15H,10,13H2,1H3. The molecular weight excluding hydrogens is 428 g/mol. The summed E-state index contributed by atoms with van der Waals surface area (Å²) in [5.74, 6) is 0.774. The third-order valence-electron chi connectivity index (χ3n) is 5.41. The molecule has 0 spiro atoms. The molecule has 1 amide bonds. The summed E-state index contributed by atoms with van der Waals surface area (Å²) in [4.78, 5) is 20.7. The van der Waals surface area contributed by atoms with Crippen molar-refractivity contribution < 1.29 is 9.53 Å². The lowest BCUT2D eigenvalue weighted by molar-refractivity contribution is 0.0996. The lowest BCUT2D eigenvalue weighted by atomic mass is 10.0. The summed E-state index contributed by atoms with van der Waals surface area (Å²) in [5.41, 5.74) is 5.03. The highest BCUT2D eigenvalue weighted by molar-refractivity contribution is 7.17. The Balaban J connectivity index is 1.51. The summed E-state index contributed by atoms with van der Waals surface area (Å²) in [7, 11) is 1.76. The first-order chi connectivity index (χ1) is 15.1. The number of pyridine rings is 1. The van der Waals surface area contributed by atoms with E-state index in [1.165, 1.54) is 11.3 Å². The van der Waals surface area contributed by atoms with E-state index < -0.39 is 0 Å². The van der Waals surface area contributed by atoms with Crippen molar-refractivity contribution in [3.05, 3.63) is 88.5 Å². The molecule has 2 aromatic heterocycles. The average Bonchev–Trinajstić information content (AvgIpc) is 3.15. The van der Waals surface area contributed by atoms with Gasteiger partial charge in [0.25, 0.3) is 5.91 Å². The van der Waals surface area contributed by atoms with Crippen molar-refractivity contribution in [2.24, 2.45) is 0 Å². The molecule has 3 heterocycles. The first kappa shape index (κ1) is 19.8. The van der Waals surface area contributed by atoms with Gasteiger partial charge in [-0.05, 0) is 59.2 Å². The van der Waals surface area contributed by atoms with Crippen LogP contribution >= 0.6 is 22.9 Å². The maximum Gasteiger partial charge on any atom is 0.268 e. The number of aromatic nitrogens is 1. The fourth-order valence-corrected chi connectivity index (χ4v) is 5.25. The molecule has 0 fully saturated rings. The highest BCUT2D eigenvalue weighted by Crippen LogP contribution is 2.43. The van der Waals surface area contributed by atoms with Gasteiger partial charge in [-0.1, -0.05) is 29.8 Å². The van der Waals surface area contributed by atoms with Crippen LogP contribution in [-0.2, 0) is 6.42 Å². The number of halogens is 1. The molecule has 0 aliphatic carbocycles. The Bertz CT molecular complexity index is 1270. The van der Waals surface area contributed by atoms with Crippen LogP contribution in [0.2, 0.25) is 5.02 Å². The van der Waals surface area contributed by atoms with Gasteiger partial charge in [0.05, 0.1) is 22.2 Å². The molecule has 0 bridgehead atoms. The Labute approximate surface area is 189 Å². The Morgan fingerprint density at radius 1 is 1.06 bits per heavy atom. The third kappa shape index (κ3) is 3.71. The van der Waals surface area contributed by atoms with Gasteiger partial charge < -0.3 is 9.64 Å². The number of fused-ring (bicyclic) bond motifs is 3. The van der Waals surface area contributed by atoms with Crippen LogP contribution in [0.4, 0.5) is 5.69 Å². The van der Waals surface area contributed by atoms with Gasteiger partial charge in [0, 0.05) is 36.3 Å². The van der Waals surface area contributed by atoms with Gasteiger partial charge in [0.1, 0.15) is 5.75 Å². The zero-order valence-electron chi connectivity index (χ0n) is 16.8. The lowest BCUT2D eigenvalue weighted by Crippen LogP contribution is -2.25. The smallest absolute Gasteiger partial charge is 0.268 e. The molecular formula is C25H19ClN2O2S. The second-order valence-electron chi connectivity index (χ2n) is 7.33. The predicted molar refractivity (Wildman–Crippen MR) is 126 cm³/mol. The van der Waals surface area contributed by atoms with Crippen molar-refractivity contribution in [2.45, 2.75) is 6.42 Å². The van der Waals surface area contributed by atoms with Crippen molar-refractivity contribution in [1.29, 1.82) is 0 Å². The zero-order valence-corrected chi connectivity index (χ0v) is 18.4. The molecule has 6 heteroatoms. The highest BCUT2D eigenvalue weighted by Gasteiger charge is 2.24. The second-order valence-corrected chi connectivity index (χ2v) is 8.79. The maximum atomic E-state index is 13.2. The van der Waals surface area contributed by atoms with Crippen LogP contribution in [-0.4, -0.2) is 24.5 Å². The number of hydrogen-bond donors (Lipinski definition) is 0. The maximum absolute atomic E-state index is 13.2. The minimum Gasteiger partial charge on any atom is -0.493 e. The molecule has 0 saturated carbocycles. The van der Waals surface area contributed by atoms with Crippen LogP contribution in [0.25, 0.3) is 21.6 Å². The quantitative estimate of drug-likeness (QED) is 0.368. The van der Waals surface area contributed by atoms with Crippen molar-refractivity contribution in [3.63, 3.8) is 0 Å². The van der Waals surface area contributed by atoms with E-state index in [1.54, 1.807) is 30.4 Å². The molecule has 4 nitrogen and oxygen atoms in total. The van der Waals surface area contributed by atoms with Crippen LogP contribution in [0.5, 0.6) is 5.75 Å². The molecule has 0 unspecified atom stereocenters. The Morgan fingerprint density at radius 3 is 2.68 bits per heavy atom. The molecule has 0 saturated heterocycles. The largest absolute Gasteiger partial charge is 0.493 e. The fraction of sp³-hybridized carbons (Fsp3) is 0.120. The third-order valence-corrected chi connectivity index (χ3v) is 6.93. The van der Waals surface area contributed by atoms with E-state index in [0.29, 0.717) is 22.2 Å².